The Bertz CT molecular complexity index is 561. The Morgan fingerprint density at radius 3 is 2.40 bits per heavy atom. The van der Waals surface area contributed by atoms with Crippen LogP contribution in [0, 0.1) is 0 Å². The van der Waals surface area contributed by atoms with E-state index in [2.05, 4.69) is 10.0 Å². The molecule has 20 heavy (non-hydrogen) atoms. The van der Waals surface area contributed by atoms with Crippen molar-refractivity contribution < 1.29 is 17.9 Å². The predicted octanol–water partition coefficient (Wildman–Crippen LogP) is 1.62. The summed E-state index contributed by atoms with van der Waals surface area (Å²) in [5.41, 5.74) is 1.34. The van der Waals surface area contributed by atoms with Crippen LogP contribution in [0.5, 0.6) is 0 Å². The molecule has 1 saturated heterocycles. The van der Waals surface area contributed by atoms with Gasteiger partial charge in [0.25, 0.3) is 0 Å². The fraction of sp³-hybridized carbons (Fsp3) is 0.538. The van der Waals surface area contributed by atoms with E-state index < -0.39 is 15.8 Å². The molecule has 0 spiro atoms. The van der Waals surface area contributed by atoms with Crippen LogP contribution in [0.15, 0.2) is 24.3 Å². The smallest absolute Gasteiger partial charge is 0.229 e. The van der Waals surface area contributed by atoms with Crippen molar-refractivity contribution in [2.24, 2.45) is 0 Å². The number of hydrogen-bond acceptors (Lipinski definition) is 5. The quantitative estimate of drug-likeness (QED) is 0.883. The minimum Gasteiger partial charge on any atom is -0.378 e. The summed E-state index contributed by atoms with van der Waals surface area (Å²) in [6, 6.07) is 7.12. The number of benzene rings is 1. The summed E-state index contributed by atoms with van der Waals surface area (Å²) in [6.07, 6.45) is 1.12. The second kappa shape index (κ2) is 5.59. The molecule has 0 aromatic heterocycles. The molecule has 0 saturated carbocycles. The monoisotopic (exact) mass is 300 g/mol. The van der Waals surface area contributed by atoms with Crippen LogP contribution in [-0.2, 0) is 19.5 Å². The Balaban J connectivity index is 1.98. The zero-order valence-electron chi connectivity index (χ0n) is 11.8. The van der Waals surface area contributed by atoms with Gasteiger partial charge in [0.05, 0.1) is 31.2 Å². The second-order valence-electron chi connectivity index (χ2n) is 5.32. The second-order valence-corrected chi connectivity index (χ2v) is 7.07. The maximum atomic E-state index is 11.2. The van der Waals surface area contributed by atoms with Crippen molar-refractivity contribution in [3.63, 3.8) is 0 Å². The molecule has 0 atom stereocenters. The van der Waals surface area contributed by atoms with Crippen molar-refractivity contribution in [2.75, 3.05) is 29.5 Å². The highest BCUT2D eigenvalue weighted by atomic mass is 32.2. The van der Waals surface area contributed by atoms with E-state index in [1.807, 2.05) is 19.9 Å². The fourth-order valence-electron chi connectivity index (χ4n) is 1.90. The van der Waals surface area contributed by atoms with Gasteiger partial charge in [-0.15, -0.1) is 0 Å². The van der Waals surface area contributed by atoms with Crippen molar-refractivity contribution >= 4 is 21.4 Å². The standard InChI is InChI=1S/C13H20N2O4S/c1-13(2)18-8-12(9-19-13)14-10-5-4-6-11(7-10)15-20(3,16)17/h4-7,12,14-15H,8-9H2,1-3H3. The number of sulfonamides is 1. The van der Waals surface area contributed by atoms with E-state index in [0.29, 0.717) is 18.9 Å². The SMILES string of the molecule is CC1(C)OCC(Nc2cccc(NS(C)(=O)=O)c2)CO1. The number of anilines is 2. The molecule has 2 N–H and O–H groups in total. The van der Waals surface area contributed by atoms with Gasteiger partial charge in [0, 0.05) is 5.69 Å². The summed E-state index contributed by atoms with van der Waals surface area (Å²) in [4.78, 5) is 0. The average molecular weight is 300 g/mol. The fourth-order valence-corrected chi connectivity index (χ4v) is 2.45. The normalized spacial score (nSPS) is 19.6. The topological polar surface area (TPSA) is 76.7 Å². The first-order valence-electron chi connectivity index (χ1n) is 6.36. The predicted molar refractivity (Wildman–Crippen MR) is 78.3 cm³/mol. The van der Waals surface area contributed by atoms with Gasteiger partial charge in [-0.3, -0.25) is 4.72 Å². The Morgan fingerprint density at radius 2 is 1.80 bits per heavy atom. The van der Waals surface area contributed by atoms with E-state index in [1.165, 1.54) is 0 Å². The van der Waals surface area contributed by atoms with Gasteiger partial charge in [-0.25, -0.2) is 8.42 Å². The van der Waals surface area contributed by atoms with E-state index in [-0.39, 0.29) is 6.04 Å². The van der Waals surface area contributed by atoms with Crippen LogP contribution in [-0.4, -0.2) is 39.7 Å². The Morgan fingerprint density at radius 1 is 1.20 bits per heavy atom. The first-order valence-corrected chi connectivity index (χ1v) is 8.25. The molecule has 0 aliphatic carbocycles. The lowest BCUT2D eigenvalue weighted by molar-refractivity contribution is -0.247. The van der Waals surface area contributed by atoms with Crippen LogP contribution < -0.4 is 10.0 Å². The highest BCUT2D eigenvalue weighted by Crippen LogP contribution is 2.21. The van der Waals surface area contributed by atoms with Crippen LogP contribution in [0.25, 0.3) is 0 Å². The number of hydrogen-bond donors (Lipinski definition) is 2. The first-order chi connectivity index (χ1) is 9.23. The maximum absolute atomic E-state index is 11.2. The summed E-state index contributed by atoms with van der Waals surface area (Å²) in [6.45, 7) is 4.83. The molecule has 0 amide bonds. The van der Waals surface area contributed by atoms with Gasteiger partial charge in [0.1, 0.15) is 0 Å². The van der Waals surface area contributed by atoms with E-state index in [9.17, 15) is 8.42 Å². The molecule has 1 aliphatic rings. The van der Waals surface area contributed by atoms with E-state index >= 15 is 0 Å². The summed E-state index contributed by atoms with van der Waals surface area (Å²) >= 11 is 0. The largest absolute Gasteiger partial charge is 0.378 e. The van der Waals surface area contributed by atoms with Crippen molar-refractivity contribution in [1.29, 1.82) is 0 Å². The van der Waals surface area contributed by atoms with Crippen LogP contribution in [0.4, 0.5) is 11.4 Å². The van der Waals surface area contributed by atoms with Crippen LogP contribution in [0.3, 0.4) is 0 Å². The Hall–Kier alpha value is -1.31. The lowest BCUT2D eigenvalue weighted by Gasteiger charge is -2.35. The zero-order chi connectivity index (χ0) is 14.8. The summed E-state index contributed by atoms with van der Waals surface area (Å²) in [5.74, 6) is -0.544. The molecule has 1 fully saturated rings. The molecule has 112 valence electrons. The van der Waals surface area contributed by atoms with Crippen LogP contribution in [0.2, 0.25) is 0 Å². The third-order valence-corrected chi connectivity index (χ3v) is 3.41. The highest BCUT2D eigenvalue weighted by Gasteiger charge is 2.28. The van der Waals surface area contributed by atoms with E-state index in [4.69, 9.17) is 9.47 Å². The highest BCUT2D eigenvalue weighted by molar-refractivity contribution is 7.92. The lowest BCUT2D eigenvalue weighted by atomic mass is 10.2. The van der Waals surface area contributed by atoms with Crippen molar-refractivity contribution in [1.82, 2.24) is 0 Å². The van der Waals surface area contributed by atoms with Gasteiger partial charge in [-0.1, -0.05) is 6.07 Å². The van der Waals surface area contributed by atoms with Gasteiger partial charge in [-0.2, -0.15) is 0 Å². The van der Waals surface area contributed by atoms with Gasteiger partial charge in [0.15, 0.2) is 5.79 Å². The molecule has 0 unspecified atom stereocenters. The Kier molecular flexibility index (Phi) is 4.22. The molecule has 1 aromatic carbocycles. The minimum atomic E-state index is -3.27. The molecule has 1 heterocycles. The third-order valence-electron chi connectivity index (χ3n) is 2.80. The number of rotatable bonds is 4. The summed E-state index contributed by atoms with van der Waals surface area (Å²) in [7, 11) is -3.27. The molecular formula is C13H20N2O4S. The summed E-state index contributed by atoms with van der Waals surface area (Å²) < 4.78 is 36.0. The lowest BCUT2D eigenvalue weighted by Crippen LogP contribution is -2.45. The molecule has 2 rings (SSSR count). The van der Waals surface area contributed by atoms with E-state index in [1.54, 1.807) is 18.2 Å². The van der Waals surface area contributed by atoms with Gasteiger partial charge in [0.2, 0.25) is 10.0 Å². The van der Waals surface area contributed by atoms with Crippen LogP contribution in [0.1, 0.15) is 13.8 Å². The van der Waals surface area contributed by atoms with E-state index in [0.717, 1.165) is 11.9 Å². The third kappa shape index (κ3) is 4.66. The molecule has 6 nitrogen and oxygen atoms in total. The van der Waals surface area contributed by atoms with Gasteiger partial charge >= 0.3 is 0 Å². The average Bonchev–Trinajstić information content (AvgIpc) is 2.30. The minimum absolute atomic E-state index is 0.0384. The summed E-state index contributed by atoms with van der Waals surface area (Å²) in [5, 5.41) is 3.26. The molecule has 0 bridgehead atoms. The Labute approximate surface area is 119 Å². The maximum Gasteiger partial charge on any atom is 0.229 e. The van der Waals surface area contributed by atoms with Gasteiger partial charge < -0.3 is 14.8 Å². The van der Waals surface area contributed by atoms with Crippen molar-refractivity contribution in [2.45, 2.75) is 25.7 Å². The zero-order valence-corrected chi connectivity index (χ0v) is 12.7. The number of nitrogens with one attached hydrogen (secondary N) is 2. The molecule has 1 aliphatic heterocycles. The van der Waals surface area contributed by atoms with Gasteiger partial charge in [-0.05, 0) is 32.0 Å². The molecular weight excluding hydrogens is 280 g/mol. The van der Waals surface area contributed by atoms with Crippen molar-refractivity contribution in [3.05, 3.63) is 24.3 Å². The molecule has 1 aromatic rings. The first kappa shape index (κ1) is 15.1. The molecule has 7 heteroatoms. The van der Waals surface area contributed by atoms with Crippen LogP contribution >= 0.6 is 0 Å². The number of ether oxygens (including phenoxy) is 2. The van der Waals surface area contributed by atoms with Crippen molar-refractivity contribution in [3.8, 4) is 0 Å². The molecule has 0 radical (unpaired) electrons.